The molecule has 5 nitrogen and oxygen atoms in total. The van der Waals surface area contributed by atoms with Gasteiger partial charge in [0.05, 0.1) is 10.6 Å². The van der Waals surface area contributed by atoms with Gasteiger partial charge in [-0.3, -0.25) is 9.52 Å². The lowest BCUT2D eigenvalue weighted by molar-refractivity contribution is -0.117. The van der Waals surface area contributed by atoms with E-state index in [1.165, 1.54) is 0 Å². The second-order valence-electron chi connectivity index (χ2n) is 6.28. The maximum absolute atomic E-state index is 12.9. The Morgan fingerprint density at radius 3 is 2.50 bits per heavy atom. The highest BCUT2D eigenvalue weighted by Crippen LogP contribution is 2.28. The van der Waals surface area contributed by atoms with Crippen molar-refractivity contribution in [1.82, 2.24) is 0 Å². The van der Waals surface area contributed by atoms with Crippen LogP contribution in [0.25, 0.3) is 10.8 Å². The molecule has 0 radical (unpaired) electrons. The number of nitrogens with zero attached hydrogens (tertiary/aromatic N) is 1. The van der Waals surface area contributed by atoms with E-state index in [-0.39, 0.29) is 10.8 Å². The van der Waals surface area contributed by atoms with Crippen molar-refractivity contribution in [2.75, 3.05) is 16.2 Å². The number of carbonyl (C=O) groups is 1. The average molecular weight is 366 g/mol. The van der Waals surface area contributed by atoms with E-state index in [1.807, 2.05) is 30.3 Å². The van der Waals surface area contributed by atoms with Gasteiger partial charge < -0.3 is 4.90 Å². The van der Waals surface area contributed by atoms with E-state index in [4.69, 9.17) is 0 Å². The number of hydrogen-bond donors (Lipinski definition) is 1. The number of amides is 1. The van der Waals surface area contributed by atoms with Gasteiger partial charge >= 0.3 is 0 Å². The number of carbonyl (C=O) groups excluding carboxylic acids is 1. The molecule has 6 heteroatoms. The zero-order valence-electron chi connectivity index (χ0n) is 14.1. The number of sulfonamides is 1. The molecule has 1 N–H and O–H groups in total. The summed E-state index contributed by atoms with van der Waals surface area (Å²) in [6.45, 7) is 0.665. The van der Waals surface area contributed by atoms with Crippen molar-refractivity contribution in [3.63, 3.8) is 0 Å². The molecule has 1 fully saturated rings. The molecule has 0 aromatic heterocycles. The summed E-state index contributed by atoms with van der Waals surface area (Å²) in [5.74, 6) is 0.0686. The predicted octanol–water partition coefficient (Wildman–Crippen LogP) is 3.77. The third kappa shape index (κ3) is 3.04. The molecule has 1 saturated heterocycles. The van der Waals surface area contributed by atoms with Crippen LogP contribution in [-0.2, 0) is 14.8 Å². The van der Waals surface area contributed by atoms with Crippen LogP contribution in [-0.4, -0.2) is 20.9 Å². The quantitative estimate of drug-likeness (QED) is 0.764. The van der Waals surface area contributed by atoms with Gasteiger partial charge in [-0.1, -0.05) is 42.5 Å². The van der Waals surface area contributed by atoms with Gasteiger partial charge in [0.25, 0.3) is 10.0 Å². The Morgan fingerprint density at radius 2 is 1.69 bits per heavy atom. The number of rotatable bonds is 4. The molecule has 1 aliphatic rings. The summed E-state index contributed by atoms with van der Waals surface area (Å²) in [7, 11) is -3.75. The van der Waals surface area contributed by atoms with Crippen LogP contribution in [0.2, 0.25) is 0 Å². The van der Waals surface area contributed by atoms with Crippen LogP contribution >= 0.6 is 0 Å². The lowest BCUT2D eigenvalue weighted by Crippen LogP contribution is -2.23. The molecule has 1 amide bonds. The molecule has 132 valence electrons. The lowest BCUT2D eigenvalue weighted by atomic mass is 10.1. The van der Waals surface area contributed by atoms with Gasteiger partial charge in [-0.15, -0.1) is 0 Å². The summed E-state index contributed by atoms with van der Waals surface area (Å²) >= 11 is 0. The first-order chi connectivity index (χ1) is 12.5. The molecule has 0 atom stereocenters. The molecule has 26 heavy (non-hydrogen) atoms. The van der Waals surface area contributed by atoms with Crippen molar-refractivity contribution in [3.05, 3.63) is 66.7 Å². The van der Waals surface area contributed by atoms with Gasteiger partial charge in [-0.2, -0.15) is 0 Å². The number of fused-ring (bicyclic) bond motifs is 1. The monoisotopic (exact) mass is 366 g/mol. The smallest absolute Gasteiger partial charge is 0.262 e. The zero-order chi connectivity index (χ0) is 18.1. The Labute approximate surface area is 152 Å². The highest BCUT2D eigenvalue weighted by atomic mass is 32.2. The molecule has 3 aromatic carbocycles. The van der Waals surface area contributed by atoms with Gasteiger partial charge in [-0.05, 0) is 36.1 Å². The number of benzene rings is 3. The predicted molar refractivity (Wildman–Crippen MR) is 103 cm³/mol. The highest BCUT2D eigenvalue weighted by Gasteiger charge is 2.22. The fourth-order valence-corrected chi connectivity index (χ4v) is 4.58. The van der Waals surface area contributed by atoms with Gasteiger partial charge in [0, 0.05) is 24.0 Å². The summed E-state index contributed by atoms with van der Waals surface area (Å²) < 4.78 is 28.5. The molecule has 3 aromatic rings. The van der Waals surface area contributed by atoms with E-state index in [1.54, 1.807) is 41.3 Å². The molecule has 1 heterocycles. The molecule has 0 saturated carbocycles. The summed E-state index contributed by atoms with van der Waals surface area (Å²) in [6, 6.07) is 19.5. The lowest BCUT2D eigenvalue weighted by Gasteiger charge is -2.17. The first-order valence-corrected chi connectivity index (χ1v) is 9.94. The van der Waals surface area contributed by atoms with Crippen molar-refractivity contribution in [2.24, 2.45) is 0 Å². The van der Waals surface area contributed by atoms with E-state index in [0.29, 0.717) is 29.7 Å². The van der Waals surface area contributed by atoms with Gasteiger partial charge in [0.15, 0.2) is 0 Å². The maximum atomic E-state index is 12.9. The number of anilines is 2. The Hall–Kier alpha value is -2.86. The fourth-order valence-electron chi connectivity index (χ4n) is 3.30. The van der Waals surface area contributed by atoms with Gasteiger partial charge in [-0.25, -0.2) is 8.42 Å². The first kappa shape index (κ1) is 16.6. The first-order valence-electron chi connectivity index (χ1n) is 8.46. The summed E-state index contributed by atoms with van der Waals surface area (Å²) in [5, 5.41) is 1.54. The molecule has 0 aliphatic carbocycles. The number of nitrogens with one attached hydrogen (secondary N) is 1. The van der Waals surface area contributed by atoms with E-state index in [2.05, 4.69) is 4.72 Å². The van der Waals surface area contributed by atoms with Crippen LogP contribution in [0, 0.1) is 0 Å². The van der Waals surface area contributed by atoms with Gasteiger partial charge in [0.2, 0.25) is 5.91 Å². The third-order valence-electron chi connectivity index (χ3n) is 4.52. The van der Waals surface area contributed by atoms with Crippen LogP contribution in [0.1, 0.15) is 12.8 Å². The second-order valence-corrected chi connectivity index (χ2v) is 7.93. The Balaban J connectivity index is 1.69. The van der Waals surface area contributed by atoms with E-state index >= 15 is 0 Å². The minimum Gasteiger partial charge on any atom is -0.312 e. The minimum atomic E-state index is -3.75. The van der Waals surface area contributed by atoms with Crippen molar-refractivity contribution in [3.8, 4) is 0 Å². The Morgan fingerprint density at radius 1 is 0.923 bits per heavy atom. The molecular weight excluding hydrogens is 348 g/mol. The number of hydrogen-bond acceptors (Lipinski definition) is 3. The summed E-state index contributed by atoms with van der Waals surface area (Å²) in [4.78, 5) is 13.9. The largest absolute Gasteiger partial charge is 0.312 e. The average Bonchev–Trinajstić information content (AvgIpc) is 3.07. The van der Waals surface area contributed by atoms with Crippen LogP contribution in [0.15, 0.2) is 71.6 Å². The standard InChI is InChI=1S/C20H18N2O3S/c23-20-12-5-13-22(20)17-9-4-8-16(14-17)21-26(24,25)19-11-3-7-15-6-1-2-10-18(15)19/h1-4,6-11,14,21H,5,12-13H2. The summed E-state index contributed by atoms with van der Waals surface area (Å²) in [5.41, 5.74) is 1.15. The molecule has 1 aliphatic heterocycles. The van der Waals surface area contributed by atoms with Gasteiger partial charge in [0.1, 0.15) is 0 Å². The zero-order valence-corrected chi connectivity index (χ0v) is 14.9. The normalized spacial score (nSPS) is 14.8. The Bertz CT molecular complexity index is 1090. The highest BCUT2D eigenvalue weighted by molar-refractivity contribution is 7.93. The minimum absolute atomic E-state index is 0.0686. The second kappa shape index (κ2) is 6.46. The molecule has 0 spiro atoms. The SMILES string of the molecule is O=C1CCCN1c1cccc(NS(=O)(=O)c2cccc3ccccc23)c1. The molecule has 0 unspecified atom stereocenters. The van der Waals surface area contributed by atoms with Crippen molar-refractivity contribution in [1.29, 1.82) is 0 Å². The topological polar surface area (TPSA) is 66.5 Å². The fraction of sp³-hybridized carbons (Fsp3) is 0.150. The van der Waals surface area contributed by atoms with Crippen LogP contribution in [0.5, 0.6) is 0 Å². The maximum Gasteiger partial charge on any atom is 0.262 e. The van der Waals surface area contributed by atoms with E-state index in [0.717, 1.165) is 11.8 Å². The van der Waals surface area contributed by atoms with Crippen molar-refractivity contribution >= 4 is 38.1 Å². The van der Waals surface area contributed by atoms with E-state index < -0.39 is 10.0 Å². The molecular formula is C20H18N2O3S. The van der Waals surface area contributed by atoms with Crippen molar-refractivity contribution < 1.29 is 13.2 Å². The van der Waals surface area contributed by atoms with Crippen LogP contribution in [0.4, 0.5) is 11.4 Å². The van der Waals surface area contributed by atoms with Crippen LogP contribution in [0.3, 0.4) is 0 Å². The molecule has 0 bridgehead atoms. The molecule has 4 rings (SSSR count). The third-order valence-corrected chi connectivity index (χ3v) is 5.96. The van der Waals surface area contributed by atoms with Crippen LogP contribution < -0.4 is 9.62 Å². The van der Waals surface area contributed by atoms with E-state index in [9.17, 15) is 13.2 Å². The summed E-state index contributed by atoms with van der Waals surface area (Å²) in [6.07, 6.45) is 1.36. The Kier molecular flexibility index (Phi) is 4.12. The van der Waals surface area contributed by atoms with Crippen molar-refractivity contribution in [2.45, 2.75) is 17.7 Å².